The summed E-state index contributed by atoms with van der Waals surface area (Å²) in [6.07, 6.45) is 2.13. The Hall–Kier alpha value is -4.09. The molecular formula is C27H26BN3O6S. The lowest BCUT2D eigenvalue weighted by Gasteiger charge is -2.15. The minimum atomic E-state index is -4.00. The van der Waals surface area contributed by atoms with Crippen molar-refractivity contribution < 1.29 is 27.3 Å². The molecule has 4 aromatic rings. The van der Waals surface area contributed by atoms with Gasteiger partial charge in [-0.1, -0.05) is 54.6 Å². The van der Waals surface area contributed by atoms with E-state index in [1.54, 1.807) is 30.3 Å². The van der Waals surface area contributed by atoms with Crippen molar-refractivity contribution >= 4 is 45.4 Å². The van der Waals surface area contributed by atoms with E-state index in [4.69, 9.17) is 14.0 Å². The van der Waals surface area contributed by atoms with Crippen molar-refractivity contribution in [2.24, 2.45) is 0 Å². The van der Waals surface area contributed by atoms with Gasteiger partial charge in [-0.2, -0.15) is 0 Å². The molecule has 0 saturated carbocycles. The number of pyridine rings is 1. The van der Waals surface area contributed by atoms with Gasteiger partial charge in [0.25, 0.3) is 10.0 Å². The van der Waals surface area contributed by atoms with Crippen LogP contribution in [0.25, 0.3) is 11.0 Å². The Morgan fingerprint density at radius 1 is 1.16 bits per heavy atom. The van der Waals surface area contributed by atoms with Crippen molar-refractivity contribution in [2.75, 3.05) is 5.32 Å². The maximum absolute atomic E-state index is 13.6. The molecule has 9 nitrogen and oxygen atoms in total. The summed E-state index contributed by atoms with van der Waals surface area (Å²) in [5.41, 5.74) is 1.90. The molecule has 0 bridgehead atoms. The SMILES string of the molecule is C=C1OB(c2cn(S(=O)(=O)c3ccc(C)cc3)c3ncc(NC(=O)OCc4ccccc4)cc23)OC1(C)C. The molecule has 3 heterocycles. The van der Waals surface area contributed by atoms with Gasteiger partial charge in [-0.3, -0.25) is 5.32 Å². The third-order valence-corrected chi connectivity index (χ3v) is 7.92. The fourth-order valence-electron chi connectivity index (χ4n) is 4.00. The molecule has 0 spiro atoms. The Morgan fingerprint density at radius 3 is 2.53 bits per heavy atom. The number of carbonyl (C=O) groups is 1. The highest BCUT2D eigenvalue weighted by Gasteiger charge is 2.45. The molecule has 1 aliphatic heterocycles. The van der Waals surface area contributed by atoms with Crippen molar-refractivity contribution in [1.82, 2.24) is 8.96 Å². The fraction of sp³-hybridized carbons (Fsp3) is 0.185. The predicted molar refractivity (Wildman–Crippen MR) is 145 cm³/mol. The Kier molecular flexibility index (Phi) is 6.50. The molecule has 0 unspecified atom stereocenters. The summed E-state index contributed by atoms with van der Waals surface area (Å²) in [6, 6.07) is 17.4. The zero-order valence-electron chi connectivity index (χ0n) is 21.2. The molecule has 2 aromatic heterocycles. The second-order valence-corrected chi connectivity index (χ2v) is 11.3. The molecule has 0 radical (unpaired) electrons. The van der Waals surface area contributed by atoms with Gasteiger partial charge in [0.15, 0.2) is 5.65 Å². The van der Waals surface area contributed by atoms with Gasteiger partial charge in [-0.25, -0.2) is 22.2 Å². The third-order valence-electron chi connectivity index (χ3n) is 6.26. The highest BCUT2D eigenvalue weighted by Crippen LogP contribution is 2.31. The third kappa shape index (κ3) is 4.90. The van der Waals surface area contributed by atoms with Gasteiger partial charge in [0.1, 0.15) is 12.2 Å². The van der Waals surface area contributed by atoms with Crippen molar-refractivity contribution in [2.45, 2.75) is 37.9 Å². The molecule has 1 aliphatic rings. The molecule has 5 rings (SSSR count). The number of ether oxygens (including phenoxy) is 1. The monoisotopic (exact) mass is 531 g/mol. The van der Waals surface area contributed by atoms with Gasteiger partial charge in [0.05, 0.1) is 22.5 Å². The fourth-order valence-corrected chi connectivity index (χ4v) is 5.33. The number of aromatic nitrogens is 2. The van der Waals surface area contributed by atoms with Crippen LogP contribution >= 0.6 is 0 Å². The van der Waals surface area contributed by atoms with E-state index in [1.807, 2.05) is 51.1 Å². The summed E-state index contributed by atoms with van der Waals surface area (Å²) >= 11 is 0. The number of amides is 1. The van der Waals surface area contributed by atoms with E-state index in [9.17, 15) is 13.2 Å². The van der Waals surface area contributed by atoms with E-state index >= 15 is 0 Å². The first-order valence-electron chi connectivity index (χ1n) is 11.9. The highest BCUT2D eigenvalue weighted by molar-refractivity contribution is 7.90. The van der Waals surface area contributed by atoms with Crippen molar-refractivity contribution in [1.29, 1.82) is 0 Å². The average molecular weight is 531 g/mol. The van der Waals surface area contributed by atoms with Gasteiger partial charge < -0.3 is 14.0 Å². The number of benzene rings is 2. The Morgan fingerprint density at radius 2 is 1.87 bits per heavy atom. The largest absolute Gasteiger partial charge is 0.565 e. The van der Waals surface area contributed by atoms with Crippen LogP contribution in [-0.4, -0.2) is 36.2 Å². The van der Waals surface area contributed by atoms with Gasteiger partial charge in [0, 0.05) is 17.0 Å². The van der Waals surface area contributed by atoms with Crippen LogP contribution in [0.15, 0.2) is 90.3 Å². The van der Waals surface area contributed by atoms with Crippen LogP contribution in [0.1, 0.15) is 25.0 Å². The first kappa shape index (κ1) is 25.6. The zero-order valence-corrected chi connectivity index (χ0v) is 22.0. The Labute approximate surface area is 221 Å². The van der Waals surface area contributed by atoms with Crippen molar-refractivity contribution in [3.05, 3.63) is 96.5 Å². The number of hydrogen-bond donors (Lipinski definition) is 1. The first-order chi connectivity index (χ1) is 18.0. The summed E-state index contributed by atoms with van der Waals surface area (Å²) < 4.78 is 45.5. The Bertz CT molecular complexity index is 1630. The van der Waals surface area contributed by atoms with Gasteiger partial charge >= 0.3 is 13.2 Å². The lowest BCUT2D eigenvalue weighted by molar-refractivity contribution is 0.155. The maximum Gasteiger partial charge on any atom is 0.565 e. The average Bonchev–Trinajstić information content (AvgIpc) is 3.40. The number of fused-ring (bicyclic) bond motifs is 1. The van der Waals surface area contributed by atoms with Gasteiger partial charge in [-0.05, 0) is 44.5 Å². The van der Waals surface area contributed by atoms with E-state index in [0.29, 0.717) is 22.3 Å². The molecule has 1 amide bonds. The number of aryl methyl sites for hydroxylation is 1. The van der Waals surface area contributed by atoms with Crippen LogP contribution < -0.4 is 10.8 Å². The van der Waals surface area contributed by atoms with E-state index in [1.165, 1.54) is 12.4 Å². The van der Waals surface area contributed by atoms with Crippen molar-refractivity contribution in [3.8, 4) is 0 Å². The molecule has 11 heteroatoms. The predicted octanol–water partition coefficient (Wildman–Crippen LogP) is 4.36. The minimum absolute atomic E-state index is 0.0969. The zero-order chi connectivity index (χ0) is 27.1. The molecule has 0 atom stereocenters. The normalized spacial score (nSPS) is 14.9. The van der Waals surface area contributed by atoms with Gasteiger partial charge in [-0.15, -0.1) is 0 Å². The number of carbonyl (C=O) groups excluding carboxylic acids is 1. The van der Waals surface area contributed by atoms with E-state index < -0.39 is 28.8 Å². The molecule has 194 valence electrons. The number of nitrogens with one attached hydrogen (secondary N) is 1. The molecule has 38 heavy (non-hydrogen) atoms. The van der Waals surface area contributed by atoms with Crippen LogP contribution in [-0.2, 0) is 30.7 Å². The smallest absolute Gasteiger partial charge is 0.534 e. The minimum Gasteiger partial charge on any atom is -0.534 e. The standard InChI is InChI=1S/C27H26BN3O6S/c1-18-10-12-22(13-11-18)38(33,34)31-16-24(28-36-19(2)27(3,4)37-28)23-14-21(15-29-25(23)31)30-26(32)35-17-20-8-6-5-7-9-20/h5-16H,2,17H2,1,3-4H3,(H,30,32). The van der Waals surface area contributed by atoms with Gasteiger partial charge in [0.2, 0.25) is 0 Å². The summed E-state index contributed by atoms with van der Waals surface area (Å²) in [4.78, 5) is 16.9. The molecule has 0 aliphatic carbocycles. The molecular weight excluding hydrogens is 505 g/mol. The van der Waals surface area contributed by atoms with Crippen LogP contribution in [0.3, 0.4) is 0 Å². The number of anilines is 1. The van der Waals surface area contributed by atoms with Crippen LogP contribution in [0.4, 0.5) is 10.5 Å². The number of rotatable bonds is 6. The number of nitrogens with zero attached hydrogens (tertiary/aromatic N) is 2. The maximum atomic E-state index is 13.6. The second-order valence-electron chi connectivity index (χ2n) is 9.48. The summed E-state index contributed by atoms with van der Waals surface area (Å²) in [7, 11) is -4.92. The summed E-state index contributed by atoms with van der Waals surface area (Å²) in [5.74, 6) is 0.413. The lowest BCUT2D eigenvalue weighted by Crippen LogP contribution is -2.34. The molecule has 2 aromatic carbocycles. The second kappa shape index (κ2) is 9.66. The highest BCUT2D eigenvalue weighted by atomic mass is 32.2. The summed E-state index contributed by atoms with van der Waals surface area (Å²) in [6.45, 7) is 9.51. The van der Waals surface area contributed by atoms with Crippen LogP contribution in [0.2, 0.25) is 0 Å². The molecule has 1 N–H and O–H groups in total. The van der Waals surface area contributed by atoms with E-state index in [0.717, 1.165) is 15.1 Å². The lowest BCUT2D eigenvalue weighted by atomic mass is 9.79. The van der Waals surface area contributed by atoms with Crippen LogP contribution in [0, 0.1) is 6.92 Å². The van der Waals surface area contributed by atoms with Crippen molar-refractivity contribution in [3.63, 3.8) is 0 Å². The molecule has 1 saturated heterocycles. The molecule has 1 fully saturated rings. The number of hydrogen-bond acceptors (Lipinski definition) is 7. The summed E-state index contributed by atoms with van der Waals surface area (Å²) in [5, 5.41) is 3.08. The van der Waals surface area contributed by atoms with E-state index in [-0.39, 0.29) is 17.1 Å². The van der Waals surface area contributed by atoms with Crippen LogP contribution in [0.5, 0.6) is 0 Å². The first-order valence-corrected chi connectivity index (χ1v) is 13.3. The quantitative estimate of drug-likeness (QED) is 0.368. The Balaban J connectivity index is 1.51. The van der Waals surface area contributed by atoms with E-state index in [2.05, 4.69) is 16.9 Å². The topological polar surface area (TPSA) is 109 Å².